The molecule has 2 aromatic heterocycles. The summed E-state index contributed by atoms with van der Waals surface area (Å²) >= 11 is 5.87. The Morgan fingerprint density at radius 3 is 2.78 bits per heavy atom. The zero-order valence-corrected chi connectivity index (χ0v) is 15.9. The Bertz CT molecular complexity index is 818. The van der Waals surface area contributed by atoms with E-state index in [1.165, 1.54) is 18.0 Å². The largest absolute Gasteiger partial charge is 0.317 e. The number of alkyl halides is 2. The average Bonchev–Trinajstić information content (AvgIpc) is 3.08. The number of piperidine rings is 1. The standard InChI is InChI=1S/C18H23ClF2N6/c1-26(16-8-12(17(20)21)14(19)10-24-16)18-13-9-23-7-4-15(13)27(25-18)11-2-5-22-6-3-11/h8,10-11,17,22-23H,2-7,9H2,1H3. The molecule has 0 atom stereocenters. The van der Waals surface area contributed by atoms with E-state index in [2.05, 4.69) is 20.3 Å². The number of rotatable bonds is 4. The monoisotopic (exact) mass is 396 g/mol. The summed E-state index contributed by atoms with van der Waals surface area (Å²) in [5, 5.41) is 11.7. The highest BCUT2D eigenvalue weighted by molar-refractivity contribution is 6.31. The number of pyridine rings is 1. The fourth-order valence-electron chi connectivity index (χ4n) is 3.88. The molecule has 2 aliphatic heterocycles. The summed E-state index contributed by atoms with van der Waals surface area (Å²) in [6, 6.07) is 1.72. The van der Waals surface area contributed by atoms with Crippen molar-refractivity contribution in [1.29, 1.82) is 0 Å². The summed E-state index contributed by atoms with van der Waals surface area (Å²) < 4.78 is 28.6. The lowest BCUT2D eigenvalue weighted by molar-refractivity contribution is 0.151. The summed E-state index contributed by atoms with van der Waals surface area (Å²) in [5.41, 5.74) is 2.15. The van der Waals surface area contributed by atoms with Crippen LogP contribution < -0.4 is 15.5 Å². The Labute approximate surface area is 161 Å². The Morgan fingerprint density at radius 1 is 1.26 bits per heavy atom. The van der Waals surface area contributed by atoms with E-state index in [0.29, 0.717) is 11.9 Å². The maximum Gasteiger partial charge on any atom is 0.265 e. The fraction of sp³-hybridized carbons (Fsp3) is 0.556. The second-order valence-corrected chi connectivity index (χ2v) is 7.43. The van der Waals surface area contributed by atoms with Gasteiger partial charge in [-0.2, -0.15) is 5.10 Å². The van der Waals surface area contributed by atoms with Crippen LogP contribution in [0.5, 0.6) is 0 Å². The molecule has 0 unspecified atom stereocenters. The van der Waals surface area contributed by atoms with Gasteiger partial charge >= 0.3 is 0 Å². The van der Waals surface area contributed by atoms with E-state index in [4.69, 9.17) is 16.7 Å². The van der Waals surface area contributed by atoms with Crippen LogP contribution in [0.25, 0.3) is 0 Å². The summed E-state index contributed by atoms with van der Waals surface area (Å²) in [4.78, 5) is 6.03. The molecule has 2 aliphatic rings. The van der Waals surface area contributed by atoms with Gasteiger partial charge in [0.2, 0.25) is 0 Å². The molecule has 0 aromatic carbocycles. The summed E-state index contributed by atoms with van der Waals surface area (Å²) in [6.45, 7) is 3.61. The van der Waals surface area contributed by atoms with Crippen molar-refractivity contribution >= 4 is 23.2 Å². The maximum absolute atomic E-state index is 13.2. The zero-order chi connectivity index (χ0) is 19.0. The van der Waals surface area contributed by atoms with Gasteiger partial charge in [-0.05, 0) is 32.0 Å². The molecule has 146 valence electrons. The normalized spacial score (nSPS) is 18.0. The molecule has 1 saturated heterocycles. The number of nitrogens with zero attached hydrogens (tertiary/aromatic N) is 4. The average molecular weight is 397 g/mol. The van der Waals surface area contributed by atoms with Crippen LogP contribution in [0.15, 0.2) is 12.3 Å². The Balaban J connectivity index is 1.72. The van der Waals surface area contributed by atoms with Gasteiger partial charge in [0.15, 0.2) is 5.82 Å². The van der Waals surface area contributed by atoms with Crippen LogP contribution >= 0.6 is 11.6 Å². The third-order valence-corrected chi connectivity index (χ3v) is 5.67. The van der Waals surface area contributed by atoms with Gasteiger partial charge in [-0.3, -0.25) is 4.68 Å². The van der Waals surface area contributed by atoms with Crippen LogP contribution in [-0.2, 0) is 13.0 Å². The molecule has 4 rings (SSSR count). The third-order valence-electron chi connectivity index (χ3n) is 5.36. The number of nitrogens with one attached hydrogen (secondary N) is 2. The predicted octanol–water partition coefficient (Wildman–Crippen LogP) is 3.21. The molecular formula is C18H23ClF2N6. The summed E-state index contributed by atoms with van der Waals surface area (Å²) in [5.74, 6) is 1.18. The third kappa shape index (κ3) is 3.53. The van der Waals surface area contributed by atoms with E-state index in [0.717, 1.165) is 56.8 Å². The SMILES string of the molecule is CN(c1cc(C(F)F)c(Cl)cn1)c1nn(C2CCNCC2)c2c1CNCC2. The summed E-state index contributed by atoms with van der Waals surface area (Å²) in [6.07, 6.45) is 1.63. The number of hydrogen-bond acceptors (Lipinski definition) is 5. The zero-order valence-electron chi connectivity index (χ0n) is 15.2. The molecule has 2 aromatic rings. The highest BCUT2D eigenvalue weighted by atomic mass is 35.5. The summed E-state index contributed by atoms with van der Waals surface area (Å²) in [7, 11) is 1.81. The molecule has 4 heterocycles. The van der Waals surface area contributed by atoms with Gasteiger partial charge in [-0.1, -0.05) is 11.6 Å². The molecule has 6 nitrogen and oxygen atoms in total. The molecule has 0 bridgehead atoms. The van der Waals surface area contributed by atoms with Gasteiger partial charge in [0.25, 0.3) is 6.43 Å². The molecule has 0 radical (unpaired) electrons. The van der Waals surface area contributed by atoms with Gasteiger partial charge < -0.3 is 15.5 Å². The minimum atomic E-state index is -2.64. The Kier molecular flexibility index (Phi) is 5.29. The lowest BCUT2D eigenvalue weighted by Crippen LogP contribution is -2.32. The quantitative estimate of drug-likeness (QED) is 0.831. The molecule has 0 saturated carbocycles. The van der Waals surface area contributed by atoms with Crippen LogP contribution in [-0.4, -0.2) is 41.4 Å². The minimum absolute atomic E-state index is 0.0221. The highest BCUT2D eigenvalue weighted by Gasteiger charge is 2.28. The van der Waals surface area contributed by atoms with Crippen LogP contribution in [0.4, 0.5) is 20.4 Å². The lowest BCUT2D eigenvalue weighted by Gasteiger charge is -2.26. The van der Waals surface area contributed by atoms with E-state index in [-0.39, 0.29) is 10.6 Å². The molecule has 0 aliphatic carbocycles. The van der Waals surface area contributed by atoms with Crippen molar-refractivity contribution in [2.75, 3.05) is 31.6 Å². The van der Waals surface area contributed by atoms with Crippen LogP contribution in [0.3, 0.4) is 0 Å². The minimum Gasteiger partial charge on any atom is -0.317 e. The molecule has 2 N–H and O–H groups in total. The molecule has 9 heteroatoms. The predicted molar refractivity (Wildman–Crippen MR) is 101 cm³/mol. The van der Waals surface area contributed by atoms with E-state index in [1.807, 2.05) is 7.05 Å². The first-order valence-electron chi connectivity index (χ1n) is 9.25. The van der Waals surface area contributed by atoms with Crippen molar-refractivity contribution in [2.45, 2.75) is 38.3 Å². The van der Waals surface area contributed by atoms with Crippen LogP contribution in [0.1, 0.15) is 42.1 Å². The van der Waals surface area contributed by atoms with E-state index in [1.54, 1.807) is 4.90 Å². The fourth-order valence-corrected chi connectivity index (χ4v) is 4.07. The molecule has 27 heavy (non-hydrogen) atoms. The Hall–Kier alpha value is -1.77. The van der Waals surface area contributed by atoms with Crippen molar-refractivity contribution < 1.29 is 8.78 Å². The number of anilines is 2. The van der Waals surface area contributed by atoms with E-state index < -0.39 is 6.43 Å². The number of fused-ring (bicyclic) bond motifs is 1. The van der Waals surface area contributed by atoms with Crippen molar-refractivity contribution in [3.8, 4) is 0 Å². The second kappa shape index (κ2) is 7.69. The van der Waals surface area contributed by atoms with Gasteiger partial charge in [0, 0.05) is 49.6 Å². The van der Waals surface area contributed by atoms with Crippen molar-refractivity contribution in [3.63, 3.8) is 0 Å². The van der Waals surface area contributed by atoms with Crippen molar-refractivity contribution in [1.82, 2.24) is 25.4 Å². The number of hydrogen-bond donors (Lipinski definition) is 2. The van der Waals surface area contributed by atoms with Gasteiger partial charge in [0.05, 0.1) is 11.1 Å². The van der Waals surface area contributed by atoms with Crippen LogP contribution in [0.2, 0.25) is 5.02 Å². The topological polar surface area (TPSA) is 58.0 Å². The van der Waals surface area contributed by atoms with Crippen molar-refractivity contribution in [3.05, 3.63) is 34.1 Å². The first kappa shape index (κ1) is 18.6. The second-order valence-electron chi connectivity index (χ2n) is 7.03. The number of aromatic nitrogens is 3. The lowest BCUT2D eigenvalue weighted by atomic mass is 10.0. The van der Waals surface area contributed by atoms with Gasteiger partial charge in [0.1, 0.15) is 5.82 Å². The Morgan fingerprint density at radius 2 is 2.04 bits per heavy atom. The van der Waals surface area contributed by atoms with Gasteiger partial charge in [-0.15, -0.1) is 0 Å². The van der Waals surface area contributed by atoms with E-state index >= 15 is 0 Å². The maximum atomic E-state index is 13.2. The first-order chi connectivity index (χ1) is 13.1. The molecule has 0 amide bonds. The van der Waals surface area contributed by atoms with Gasteiger partial charge in [-0.25, -0.2) is 13.8 Å². The first-order valence-corrected chi connectivity index (χ1v) is 9.63. The highest BCUT2D eigenvalue weighted by Crippen LogP contribution is 2.35. The smallest absolute Gasteiger partial charge is 0.265 e. The molecular weight excluding hydrogens is 374 g/mol. The number of halogens is 3. The van der Waals surface area contributed by atoms with Crippen molar-refractivity contribution in [2.24, 2.45) is 0 Å². The molecule has 0 spiro atoms. The van der Waals surface area contributed by atoms with Crippen LogP contribution in [0, 0.1) is 0 Å². The van der Waals surface area contributed by atoms with E-state index in [9.17, 15) is 8.78 Å². The molecule has 1 fully saturated rings.